The van der Waals surface area contributed by atoms with Gasteiger partial charge in [-0.25, -0.2) is 4.39 Å². The van der Waals surface area contributed by atoms with Crippen LogP contribution < -0.4 is 0 Å². The van der Waals surface area contributed by atoms with Gasteiger partial charge in [-0.15, -0.1) is 0 Å². The van der Waals surface area contributed by atoms with Crippen molar-refractivity contribution in [1.29, 1.82) is 0 Å². The maximum absolute atomic E-state index is 13.6. The average molecular weight is 187 g/mol. The first-order valence-corrected chi connectivity index (χ1v) is 4.59. The predicted octanol–water partition coefficient (Wildman–Crippen LogP) is 2.95. The smallest absolute Gasteiger partial charge is 0.203 e. The van der Waals surface area contributed by atoms with E-state index in [-0.39, 0.29) is 6.42 Å². The highest BCUT2D eigenvalue weighted by Gasteiger charge is 2.39. The Balaban J connectivity index is 2.50. The first-order chi connectivity index (χ1) is 6.68. The molecular formula is C12H8FO. The van der Waals surface area contributed by atoms with E-state index >= 15 is 0 Å². The van der Waals surface area contributed by atoms with Gasteiger partial charge in [-0.3, -0.25) is 0 Å². The molecule has 14 heavy (non-hydrogen) atoms. The largest absolute Gasteiger partial charge is 0.270 e. The van der Waals surface area contributed by atoms with Crippen LogP contribution in [0.5, 0.6) is 0 Å². The molecule has 0 aromatic heterocycles. The molecule has 0 N–H and O–H groups in total. The minimum absolute atomic E-state index is 0.0380. The molecule has 1 aliphatic rings. The second-order valence-corrected chi connectivity index (χ2v) is 3.73. The fraction of sp³-hybridized carbons (Fsp3) is 0.167. The quantitative estimate of drug-likeness (QED) is 0.604. The highest BCUT2D eigenvalue weighted by Crippen LogP contribution is 2.42. The Morgan fingerprint density at radius 2 is 1.86 bits per heavy atom. The summed E-state index contributed by atoms with van der Waals surface area (Å²) in [5.74, 6) is -2.43. The van der Waals surface area contributed by atoms with Crippen molar-refractivity contribution in [3.8, 4) is 0 Å². The molecule has 1 unspecified atom stereocenters. The molecule has 0 bridgehead atoms. The maximum Gasteiger partial charge on any atom is 0.270 e. The minimum Gasteiger partial charge on any atom is -0.203 e. The van der Waals surface area contributed by atoms with E-state index in [0.717, 1.165) is 16.3 Å². The lowest BCUT2D eigenvalue weighted by molar-refractivity contribution is -0.144. The van der Waals surface area contributed by atoms with Crippen molar-refractivity contribution in [3.05, 3.63) is 47.5 Å². The highest BCUT2D eigenvalue weighted by atomic mass is 19.2. The fourth-order valence-corrected chi connectivity index (χ4v) is 2.22. The second-order valence-electron chi connectivity index (χ2n) is 3.73. The van der Waals surface area contributed by atoms with E-state index in [2.05, 4.69) is 0 Å². The Bertz CT molecular complexity index is 511. The van der Waals surface area contributed by atoms with Crippen LogP contribution in [0, 0.1) is 0 Å². The maximum atomic E-state index is 13.6. The third-order valence-corrected chi connectivity index (χ3v) is 2.81. The van der Waals surface area contributed by atoms with Crippen molar-refractivity contribution in [2.24, 2.45) is 0 Å². The van der Waals surface area contributed by atoms with Crippen molar-refractivity contribution in [2.75, 3.05) is 0 Å². The van der Waals surface area contributed by atoms with Gasteiger partial charge in [0.05, 0.1) is 0 Å². The first kappa shape index (κ1) is 7.94. The minimum atomic E-state index is -2.43. The number of alkyl halides is 1. The number of benzene rings is 2. The van der Waals surface area contributed by atoms with Gasteiger partial charge in [-0.05, 0) is 16.3 Å². The topological polar surface area (TPSA) is 19.9 Å². The molecule has 2 aromatic rings. The van der Waals surface area contributed by atoms with E-state index in [1.165, 1.54) is 0 Å². The molecule has 0 heterocycles. The third kappa shape index (κ3) is 0.863. The molecule has 1 nitrogen and oxygen atoms in total. The molecule has 2 aromatic carbocycles. The van der Waals surface area contributed by atoms with E-state index in [1.807, 2.05) is 24.3 Å². The van der Waals surface area contributed by atoms with Crippen LogP contribution in [-0.4, -0.2) is 0 Å². The molecule has 69 valence electrons. The molecule has 0 fully saturated rings. The summed E-state index contributed by atoms with van der Waals surface area (Å²) in [6, 6.07) is 10.8. The molecule has 1 radical (unpaired) electrons. The molecule has 0 spiro atoms. The standard InChI is InChI=1S/C12H8FO/c13-12(14)7-9-5-1-3-8-4-2-6-10(12)11(8)9/h1-6H,7H2. The molecule has 0 saturated heterocycles. The molecule has 0 amide bonds. The molecule has 0 saturated carbocycles. The van der Waals surface area contributed by atoms with Crippen LogP contribution in [-0.2, 0) is 17.4 Å². The van der Waals surface area contributed by atoms with Gasteiger partial charge in [0.15, 0.2) is 0 Å². The number of halogens is 1. The van der Waals surface area contributed by atoms with Crippen molar-refractivity contribution in [1.82, 2.24) is 0 Å². The predicted molar refractivity (Wildman–Crippen MR) is 51.1 cm³/mol. The number of rotatable bonds is 0. The van der Waals surface area contributed by atoms with Gasteiger partial charge in [0.1, 0.15) is 0 Å². The van der Waals surface area contributed by atoms with Crippen LogP contribution in [0.25, 0.3) is 10.8 Å². The van der Waals surface area contributed by atoms with E-state index < -0.39 is 5.85 Å². The normalized spacial score (nSPS) is 24.4. The number of hydrogen-bond acceptors (Lipinski definition) is 0. The van der Waals surface area contributed by atoms with E-state index in [0.29, 0.717) is 5.56 Å². The molecule has 1 aliphatic carbocycles. The van der Waals surface area contributed by atoms with Crippen LogP contribution in [0.2, 0.25) is 0 Å². The number of hydrogen-bond donors (Lipinski definition) is 0. The van der Waals surface area contributed by atoms with Crippen LogP contribution in [0.3, 0.4) is 0 Å². The van der Waals surface area contributed by atoms with Crippen molar-refractivity contribution in [2.45, 2.75) is 12.3 Å². The van der Waals surface area contributed by atoms with Gasteiger partial charge in [0.25, 0.3) is 5.85 Å². The molecule has 0 aliphatic heterocycles. The summed E-state index contributed by atoms with van der Waals surface area (Å²) in [6.45, 7) is 0. The van der Waals surface area contributed by atoms with Crippen molar-refractivity contribution >= 4 is 10.8 Å². The average Bonchev–Trinajstić information content (AvgIpc) is 2.41. The Morgan fingerprint density at radius 3 is 2.64 bits per heavy atom. The van der Waals surface area contributed by atoms with E-state index in [1.54, 1.807) is 12.1 Å². The Labute approximate surface area is 80.8 Å². The second kappa shape index (κ2) is 2.34. The summed E-state index contributed by atoms with van der Waals surface area (Å²) in [5.41, 5.74) is 1.13. The monoisotopic (exact) mass is 187 g/mol. The Morgan fingerprint density at radius 1 is 1.14 bits per heavy atom. The van der Waals surface area contributed by atoms with Crippen molar-refractivity contribution < 1.29 is 9.50 Å². The van der Waals surface area contributed by atoms with Crippen LogP contribution in [0.4, 0.5) is 4.39 Å². The summed E-state index contributed by atoms with van der Waals surface area (Å²) < 4.78 is 13.6. The van der Waals surface area contributed by atoms with Crippen LogP contribution >= 0.6 is 0 Å². The van der Waals surface area contributed by atoms with Gasteiger partial charge in [-0.1, -0.05) is 36.4 Å². The summed E-state index contributed by atoms with van der Waals surface area (Å²) in [6.07, 6.45) is -0.0380. The van der Waals surface area contributed by atoms with Gasteiger partial charge in [-0.2, -0.15) is 5.11 Å². The highest BCUT2D eigenvalue weighted by molar-refractivity contribution is 5.91. The summed E-state index contributed by atoms with van der Waals surface area (Å²) in [5, 5.41) is 13.3. The van der Waals surface area contributed by atoms with Gasteiger partial charge in [0.2, 0.25) is 0 Å². The lowest BCUT2D eigenvalue weighted by Crippen LogP contribution is -2.15. The van der Waals surface area contributed by atoms with Gasteiger partial charge < -0.3 is 0 Å². The zero-order valence-corrected chi connectivity index (χ0v) is 7.46. The molecular weight excluding hydrogens is 179 g/mol. The zero-order valence-electron chi connectivity index (χ0n) is 7.46. The van der Waals surface area contributed by atoms with Gasteiger partial charge in [0, 0.05) is 12.0 Å². The SMILES string of the molecule is [O]C1(F)Cc2cccc3cccc1c23. The summed E-state index contributed by atoms with van der Waals surface area (Å²) in [4.78, 5) is 0. The fourth-order valence-electron chi connectivity index (χ4n) is 2.22. The van der Waals surface area contributed by atoms with E-state index in [9.17, 15) is 9.50 Å². The van der Waals surface area contributed by atoms with Crippen molar-refractivity contribution in [3.63, 3.8) is 0 Å². The molecule has 3 rings (SSSR count). The Kier molecular flexibility index (Phi) is 1.33. The lowest BCUT2D eigenvalue weighted by Gasteiger charge is -2.09. The van der Waals surface area contributed by atoms with Gasteiger partial charge >= 0.3 is 0 Å². The van der Waals surface area contributed by atoms with E-state index in [4.69, 9.17) is 0 Å². The first-order valence-electron chi connectivity index (χ1n) is 4.59. The third-order valence-electron chi connectivity index (χ3n) is 2.81. The summed E-state index contributed by atoms with van der Waals surface area (Å²) in [7, 11) is 0. The molecule has 2 heteroatoms. The Hall–Kier alpha value is -1.41. The zero-order chi connectivity index (χ0) is 9.76. The lowest BCUT2D eigenvalue weighted by atomic mass is 10.1. The van der Waals surface area contributed by atoms with Crippen LogP contribution in [0.15, 0.2) is 36.4 Å². The molecule has 1 atom stereocenters. The van der Waals surface area contributed by atoms with Crippen LogP contribution in [0.1, 0.15) is 11.1 Å². The summed E-state index contributed by atoms with van der Waals surface area (Å²) >= 11 is 0.